The smallest absolute Gasteiger partial charge is 0.175 e. The number of anilines is 1. The van der Waals surface area contributed by atoms with E-state index in [9.17, 15) is 8.42 Å². The van der Waals surface area contributed by atoms with E-state index in [2.05, 4.69) is 12.2 Å². The van der Waals surface area contributed by atoms with Crippen molar-refractivity contribution in [3.8, 4) is 0 Å². The molecule has 0 fully saturated rings. The molecule has 0 aromatic heterocycles. The first-order valence-corrected chi connectivity index (χ1v) is 10.5. The lowest BCUT2D eigenvalue weighted by atomic mass is 10.3. The number of hydrogen-bond donors (Lipinski definition) is 1. The van der Waals surface area contributed by atoms with Crippen LogP contribution in [0.1, 0.15) is 19.8 Å². The van der Waals surface area contributed by atoms with Crippen LogP contribution >= 0.6 is 0 Å². The lowest BCUT2D eigenvalue weighted by Crippen LogP contribution is -2.03. The minimum atomic E-state index is -3.08. The molecule has 0 saturated heterocycles. The highest BCUT2D eigenvalue weighted by Gasteiger charge is 2.05. The Morgan fingerprint density at radius 3 is 2.39 bits per heavy atom. The quantitative estimate of drug-likeness (QED) is 0.589. The third-order valence-electron chi connectivity index (χ3n) is 2.89. The number of sulfone groups is 1. The van der Waals surface area contributed by atoms with Crippen molar-refractivity contribution in [3.05, 3.63) is 24.3 Å². The first-order valence-electron chi connectivity index (χ1n) is 6.58. The SMILES string of the molecule is CCC[SiH2]CCCNc1ccc(S(C)(=O)=O)cc1. The fourth-order valence-electron chi connectivity index (χ4n) is 1.78. The van der Waals surface area contributed by atoms with Gasteiger partial charge in [0.15, 0.2) is 9.84 Å². The van der Waals surface area contributed by atoms with Crippen LogP contribution < -0.4 is 5.32 Å². The van der Waals surface area contributed by atoms with Crippen molar-refractivity contribution in [2.24, 2.45) is 0 Å². The van der Waals surface area contributed by atoms with Crippen molar-refractivity contribution < 1.29 is 8.42 Å². The number of nitrogens with one attached hydrogen (secondary N) is 1. The maximum absolute atomic E-state index is 11.3. The Bertz CT molecular complexity index is 443. The molecule has 0 aliphatic carbocycles. The van der Waals surface area contributed by atoms with Crippen LogP contribution in [0.3, 0.4) is 0 Å². The topological polar surface area (TPSA) is 46.2 Å². The van der Waals surface area contributed by atoms with Crippen LogP contribution in [0, 0.1) is 0 Å². The molecule has 1 aromatic carbocycles. The molecule has 18 heavy (non-hydrogen) atoms. The van der Waals surface area contributed by atoms with Crippen LogP contribution in [0.5, 0.6) is 0 Å². The molecule has 1 N–H and O–H groups in total. The van der Waals surface area contributed by atoms with Gasteiger partial charge in [-0.05, 0) is 30.7 Å². The molecular weight excluding hydrogens is 262 g/mol. The highest BCUT2D eigenvalue weighted by molar-refractivity contribution is 7.90. The zero-order chi connectivity index (χ0) is 13.4. The second-order valence-electron chi connectivity index (χ2n) is 4.64. The summed E-state index contributed by atoms with van der Waals surface area (Å²) in [5, 5.41) is 3.33. The molecule has 1 rings (SSSR count). The Morgan fingerprint density at radius 1 is 1.17 bits per heavy atom. The molecule has 0 amide bonds. The Morgan fingerprint density at radius 2 is 1.83 bits per heavy atom. The van der Waals surface area contributed by atoms with Crippen LogP contribution in [0.4, 0.5) is 5.69 Å². The molecular formula is C13H23NO2SSi. The molecule has 102 valence electrons. The third-order valence-corrected chi connectivity index (χ3v) is 6.23. The van der Waals surface area contributed by atoms with Gasteiger partial charge in [-0.3, -0.25) is 0 Å². The molecule has 0 saturated carbocycles. The number of benzene rings is 1. The molecule has 0 aliphatic heterocycles. The van der Waals surface area contributed by atoms with Gasteiger partial charge in [-0.2, -0.15) is 0 Å². The van der Waals surface area contributed by atoms with Crippen molar-refractivity contribution in [2.75, 3.05) is 18.1 Å². The van der Waals surface area contributed by atoms with Crippen LogP contribution in [-0.2, 0) is 9.84 Å². The van der Waals surface area contributed by atoms with Gasteiger partial charge in [0.1, 0.15) is 0 Å². The van der Waals surface area contributed by atoms with Gasteiger partial charge < -0.3 is 5.32 Å². The minimum Gasteiger partial charge on any atom is -0.385 e. The second-order valence-corrected chi connectivity index (χ2v) is 8.77. The largest absolute Gasteiger partial charge is 0.385 e. The monoisotopic (exact) mass is 285 g/mol. The van der Waals surface area contributed by atoms with Crippen LogP contribution in [0.25, 0.3) is 0 Å². The summed E-state index contributed by atoms with van der Waals surface area (Å²) in [5.41, 5.74) is 1.000. The Kier molecular flexibility index (Phi) is 6.42. The van der Waals surface area contributed by atoms with Gasteiger partial charge in [0, 0.05) is 28.0 Å². The van der Waals surface area contributed by atoms with Crippen molar-refractivity contribution >= 4 is 25.0 Å². The highest BCUT2D eigenvalue weighted by atomic mass is 32.2. The summed E-state index contributed by atoms with van der Waals surface area (Å²) in [6.07, 6.45) is 3.78. The summed E-state index contributed by atoms with van der Waals surface area (Å²) in [6, 6.07) is 9.82. The van der Waals surface area contributed by atoms with Gasteiger partial charge in [0.05, 0.1) is 4.90 Å². The van der Waals surface area contributed by atoms with Crippen molar-refractivity contribution in [1.82, 2.24) is 0 Å². The Balaban J connectivity index is 2.32. The van der Waals surface area contributed by atoms with Gasteiger partial charge in [0.25, 0.3) is 0 Å². The van der Waals surface area contributed by atoms with E-state index in [0.29, 0.717) is 4.90 Å². The van der Waals surface area contributed by atoms with E-state index < -0.39 is 9.84 Å². The van der Waals surface area contributed by atoms with E-state index in [1.54, 1.807) is 12.1 Å². The van der Waals surface area contributed by atoms with E-state index in [-0.39, 0.29) is 9.52 Å². The normalized spacial score (nSPS) is 12.1. The summed E-state index contributed by atoms with van der Waals surface area (Å²) in [7, 11) is -2.91. The number of rotatable bonds is 8. The predicted molar refractivity (Wildman–Crippen MR) is 81.1 cm³/mol. The van der Waals surface area contributed by atoms with Crippen LogP contribution in [0.15, 0.2) is 29.2 Å². The third kappa shape index (κ3) is 5.69. The van der Waals surface area contributed by atoms with Crippen molar-refractivity contribution in [3.63, 3.8) is 0 Å². The first-order chi connectivity index (χ1) is 8.54. The highest BCUT2D eigenvalue weighted by Crippen LogP contribution is 2.13. The minimum absolute atomic E-state index is 0.167. The average molecular weight is 285 g/mol. The summed E-state index contributed by atoms with van der Waals surface area (Å²) < 4.78 is 22.6. The van der Waals surface area contributed by atoms with E-state index in [1.807, 2.05) is 12.1 Å². The van der Waals surface area contributed by atoms with Gasteiger partial charge >= 0.3 is 0 Å². The summed E-state index contributed by atoms with van der Waals surface area (Å²) in [6.45, 7) is 3.23. The lowest BCUT2D eigenvalue weighted by Gasteiger charge is -2.06. The Labute approximate surface area is 113 Å². The zero-order valence-corrected chi connectivity index (χ0v) is 13.5. The molecule has 0 aliphatic rings. The van der Waals surface area contributed by atoms with Gasteiger partial charge in [-0.15, -0.1) is 0 Å². The maximum Gasteiger partial charge on any atom is 0.175 e. The molecule has 1 aromatic rings. The van der Waals surface area contributed by atoms with E-state index in [0.717, 1.165) is 12.2 Å². The second kappa shape index (κ2) is 7.58. The molecule has 0 atom stereocenters. The standard InChI is InChI=1S/C13H23NO2SSi/c1-3-10-18-11-4-9-14-12-5-7-13(8-6-12)17(2,15)16/h5-8,14H,3-4,9-11,18H2,1-2H3. The Hall–Kier alpha value is -0.813. The van der Waals surface area contributed by atoms with Crippen LogP contribution in [-0.4, -0.2) is 30.7 Å². The zero-order valence-electron chi connectivity index (χ0n) is 11.3. The molecule has 0 bridgehead atoms. The fraction of sp³-hybridized carbons (Fsp3) is 0.538. The van der Waals surface area contributed by atoms with Crippen molar-refractivity contribution in [2.45, 2.75) is 36.7 Å². The predicted octanol–water partition coefficient (Wildman–Crippen LogP) is 2.31. The fourth-order valence-corrected chi connectivity index (χ4v) is 3.87. The summed E-state index contributed by atoms with van der Waals surface area (Å²) in [4.78, 5) is 0.378. The average Bonchev–Trinajstić information content (AvgIpc) is 2.33. The van der Waals surface area contributed by atoms with Gasteiger partial charge in [0.2, 0.25) is 0 Å². The van der Waals surface area contributed by atoms with E-state index >= 15 is 0 Å². The molecule has 0 spiro atoms. The van der Waals surface area contributed by atoms with E-state index in [4.69, 9.17) is 0 Å². The maximum atomic E-state index is 11.3. The first kappa shape index (κ1) is 15.2. The summed E-state index contributed by atoms with van der Waals surface area (Å²) in [5.74, 6) is 0. The van der Waals surface area contributed by atoms with Gasteiger partial charge in [-0.25, -0.2) is 8.42 Å². The molecule has 0 unspecified atom stereocenters. The molecule has 3 nitrogen and oxygen atoms in total. The van der Waals surface area contributed by atoms with Crippen molar-refractivity contribution in [1.29, 1.82) is 0 Å². The molecule has 0 heterocycles. The molecule has 0 radical (unpaired) electrons. The van der Waals surface area contributed by atoms with E-state index in [1.165, 1.54) is 31.2 Å². The lowest BCUT2D eigenvalue weighted by molar-refractivity contribution is 0.602. The van der Waals surface area contributed by atoms with Crippen LogP contribution in [0.2, 0.25) is 12.1 Å². The molecule has 5 heteroatoms. The summed E-state index contributed by atoms with van der Waals surface area (Å²) >= 11 is 0. The van der Waals surface area contributed by atoms with Gasteiger partial charge in [-0.1, -0.05) is 25.4 Å². The number of hydrogen-bond acceptors (Lipinski definition) is 3.